The quantitative estimate of drug-likeness (QED) is 0.0750. The molecule has 0 radical (unpaired) electrons. The summed E-state index contributed by atoms with van der Waals surface area (Å²) in [5, 5.41) is 12.1. The molecule has 0 unspecified atom stereocenters. The number of rotatable bonds is 17. The molecule has 5 rings (SSSR count). The van der Waals surface area contributed by atoms with Crippen LogP contribution in [0, 0.1) is 47.3 Å². The molecule has 0 spiro atoms. The molecule has 0 saturated carbocycles. The number of nitriles is 1. The Morgan fingerprint density at radius 1 is 0.926 bits per heavy atom. The van der Waals surface area contributed by atoms with Crippen molar-refractivity contribution in [1.82, 2.24) is 20.2 Å². The van der Waals surface area contributed by atoms with Gasteiger partial charge >= 0.3 is 0 Å². The molecular weight excluding hydrogens is 881 g/mol. The highest BCUT2D eigenvalue weighted by Gasteiger charge is 2.36. The van der Waals surface area contributed by atoms with Crippen LogP contribution in [0.4, 0.5) is 0 Å². The van der Waals surface area contributed by atoms with Gasteiger partial charge in [-0.2, -0.15) is 18.8 Å². The van der Waals surface area contributed by atoms with Gasteiger partial charge in [0, 0.05) is 91.5 Å². The first-order valence-corrected chi connectivity index (χ1v) is 22.6. The zero-order chi connectivity index (χ0) is 48.8. The highest BCUT2D eigenvalue weighted by molar-refractivity contribution is 7.59. The molecule has 1 aromatic heterocycles. The average Bonchev–Trinajstić information content (AvgIpc) is 3.30. The van der Waals surface area contributed by atoms with Crippen LogP contribution in [0.1, 0.15) is 98.6 Å². The Bertz CT molecular complexity index is 2560. The summed E-state index contributed by atoms with van der Waals surface area (Å²) in [6.07, 6.45) is 1.03. The van der Waals surface area contributed by atoms with Crippen LogP contribution in [0.25, 0.3) is 22.5 Å². The van der Waals surface area contributed by atoms with E-state index in [1.54, 1.807) is 44.2 Å². The van der Waals surface area contributed by atoms with E-state index >= 15 is 0 Å². The minimum Gasteiger partial charge on any atom is -0.492 e. The van der Waals surface area contributed by atoms with Gasteiger partial charge in [0.2, 0.25) is 11.8 Å². The van der Waals surface area contributed by atoms with Crippen LogP contribution >= 0.6 is 13.5 Å². The summed E-state index contributed by atoms with van der Waals surface area (Å²) in [7, 11) is 1.49. The van der Waals surface area contributed by atoms with Gasteiger partial charge < -0.3 is 36.9 Å². The fourth-order valence-electron chi connectivity index (χ4n) is 7.82. The minimum atomic E-state index is -1.25. The van der Waals surface area contributed by atoms with Crippen LogP contribution in [-0.4, -0.2) is 90.0 Å². The lowest BCUT2D eigenvalue weighted by Crippen LogP contribution is -2.46. The first-order chi connectivity index (χ1) is 32.0. The number of carbonyl (C=O) groups excluding carboxylic acids is 5. The Balaban J connectivity index is 0.0000101. The molecule has 0 aliphatic carbocycles. The molecule has 0 fully saturated rings. The van der Waals surface area contributed by atoms with E-state index in [4.69, 9.17) is 26.7 Å². The fourth-order valence-corrected chi connectivity index (χ4v) is 7.82. The standard InChI is InChI=1S/C52H62N8O7.H2S/c1-32-26-45(63)48(60(6)51(65)38(18-21-54)30-44(62)41-31-57-49(58-33(41)2)36-12-9-34(10-13-36)17-19-52(3,4)5)37-14-16-47(67-25-23-56)40(29-37)39-27-35(11-15-46(39)66-24-22-55)28-42(59-50(32)64)43(61)8-7-20-53;/h9-16,27,29,31-32,38,42,48H,7-8,18,21-26,28,30,54-56H2,1-6H3,(H,59,64);1H2/t32-,38-,42+,48+;/m1./s1. The number of hydrogen-bond donors (Lipinski definition) is 4. The molecule has 0 saturated heterocycles. The molecule has 4 bridgehead atoms. The highest BCUT2D eigenvalue weighted by atomic mass is 32.1. The van der Waals surface area contributed by atoms with Crippen molar-refractivity contribution in [1.29, 1.82) is 5.26 Å². The molecule has 68 heavy (non-hydrogen) atoms. The average molecular weight is 945 g/mol. The number of aromatic nitrogens is 2. The van der Waals surface area contributed by atoms with E-state index in [1.165, 1.54) is 18.1 Å². The maximum atomic E-state index is 14.8. The van der Waals surface area contributed by atoms with Crippen LogP contribution in [-0.2, 0) is 25.6 Å². The summed E-state index contributed by atoms with van der Waals surface area (Å²) in [5.41, 5.74) is 22.0. The number of aryl methyl sites for hydroxylation is 1. The Hall–Kier alpha value is -6.43. The molecule has 1 aliphatic heterocycles. The van der Waals surface area contributed by atoms with Gasteiger partial charge in [-0.15, -0.1) is 0 Å². The predicted octanol–water partition coefficient (Wildman–Crippen LogP) is 5.55. The van der Waals surface area contributed by atoms with E-state index in [1.807, 2.05) is 57.2 Å². The number of amides is 2. The monoisotopic (exact) mass is 944 g/mol. The minimum absolute atomic E-state index is 0. The number of likely N-dealkylation sites (N-methyl/N-ethyl adjacent to an activating group) is 1. The van der Waals surface area contributed by atoms with Gasteiger partial charge in [0.1, 0.15) is 30.8 Å². The highest BCUT2D eigenvalue weighted by Crippen LogP contribution is 2.41. The topological polar surface area (TPSA) is 247 Å². The number of fused-ring (bicyclic) bond motifs is 5. The maximum Gasteiger partial charge on any atom is 0.226 e. The van der Waals surface area contributed by atoms with Gasteiger partial charge in [-0.25, -0.2) is 9.97 Å². The van der Waals surface area contributed by atoms with Crippen molar-refractivity contribution in [3.8, 4) is 51.9 Å². The first-order valence-electron chi connectivity index (χ1n) is 22.6. The molecular formula is C52H64N8O7S. The summed E-state index contributed by atoms with van der Waals surface area (Å²) in [6, 6.07) is 17.7. The third-order valence-electron chi connectivity index (χ3n) is 11.3. The zero-order valence-electron chi connectivity index (χ0n) is 39.8. The van der Waals surface area contributed by atoms with Crippen LogP contribution in [0.2, 0.25) is 0 Å². The van der Waals surface area contributed by atoms with E-state index in [0.29, 0.717) is 45.3 Å². The van der Waals surface area contributed by atoms with Gasteiger partial charge in [0.05, 0.1) is 23.4 Å². The molecule has 15 nitrogen and oxygen atoms in total. The lowest BCUT2D eigenvalue weighted by molar-refractivity contribution is -0.142. The van der Waals surface area contributed by atoms with Crippen molar-refractivity contribution in [3.63, 3.8) is 0 Å². The number of ether oxygens (including phenoxy) is 2. The third-order valence-corrected chi connectivity index (χ3v) is 11.3. The first kappa shape index (κ1) is 54.2. The molecule has 4 aromatic rings. The summed E-state index contributed by atoms with van der Waals surface area (Å²) in [5.74, 6) is 3.58. The Morgan fingerprint density at radius 2 is 1.57 bits per heavy atom. The lowest BCUT2D eigenvalue weighted by Gasteiger charge is -2.32. The van der Waals surface area contributed by atoms with Crippen LogP contribution in [0.3, 0.4) is 0 Å². The number of nitrogens with zero attached hydrogens (tertiary/aromatic N) is 4. The van der Waals surface area contributed by atoms with Crippen molar-refractivity contribution < 1.29 is 33.4 Å². The molecule has 2 heterocycles. The number of Topliss-reactive ketones (excluding diaryl/α,β-unsaturated/α-hetero) is 3. The SMILES string of the molecule is Cc1nc(-c2ccc(C#CC(C)(C)C)cc2)ncc1C(=O)C[C@@H](CCN)C(=O)N(C)[C@@H]1C(=O)C[C@@H](C)C(=O)N[C@H](C(=O)CCC#N)Cc2ccc(OCCN)c(c2)-c2cc1ccc2OCCN.S. The van der Waals surface area contributed by atoms with Gasteiger partial charge in [-0.3, -0.25) is 24.0 Å². The molecule has 16 heteroatoms. The van der Waals surface area contributed by atoms with E-state index in [0.717, 1.165) is 11.1 Å². The molecule has 3 aromatic carbocycles. The van der Waals surface area contributed by atoms with E-state index < -0.39 is 41.5 Å². The number of carbonyl (C=O) groups is 5. The summed E-state index contributed by atoms with van der Waals surface area (Å²) < 4.78 is 12.2. The van der Waals surface area contributed by atoms with Gasteiger partial charge in [-0.05, 0) is 107 Å². The Morgan fingerprint density at radius 3 is 2.18 bits per heavy atom. The van der Waals surface area contributed by atoms with Crippen LogP contribution < -0.4 is 32.0 Å². The Kier molecular flexibility index (Phi) is 20.0. The largest absolute Gasteiger partial charge is 0.492 e. The summed E-state index contributed by atoms with van der Waals surface area (Å²) in [6.45, 7) is 10.3. The van der Waals surface area contributed by atoms with Crippen LogP contribution in [0.15, 0.2) is 66.9 Å². The number of benzene rings is 3. The van der Waals surface area contributed by atoms with Crippen molar-refractivity contribution in [2.45, 2.75) is 85.2 Å². The number of ketones is 3. The second-order valence-electron chi connectivity index (χ2n) is 17.8. The number of nitrogens with one attached hydrogen (secondary N) is 1. The van der Waals surface area contributed by atoms with Gasteiger partial charge in [0.15, 0.2) is 23.2 Å². The zero-order valence-corrected chi connectivity index (χ0v) is 40.8. The molecule has 4 atom stereocenters. The van der Waals surface area contributed by atoms with Crippen LogP contribution in [0.5, 0.6) is 11.5 Å². The molecule has 360 valence electrons. The second-order valence-corrected chi connectivity index (χ2v) is 17.8. The van der Waals surface area contributed by atoms with Crippen molar-refractivity contribution in [2.24, 2.45) is 34.5 Å². The lowest BCUT2D eigenvalue weighted by atomic mass is 9.88. The van der Waals surface area contributed by atoms with Gasteiger partial charge in [0.25, 0.3) is 0 Å². The van der Waals surface area contributed by atoms with Gasteiger partial charge in [-0.1, -0.05) is 30.9 Å². The Labute approximate surface area is 406 Å². The molecule has 2 amide bonds. The van der Waals surface area contributed by atoms with E-state index in [9.17, 15) is 29.2 Å². The van der Waals surface area contributed by atoms with E-state index in [-0.39, 0.29) is 107 Å². The van der Waals surface area contributed by atoms with Crippen molar-refractivity contribution >= 4 is 42.7 Å². The molecule has 7 N–H and O–H groups in total. The summed E-state index contributed by atoms with van der Waals surface area (Å²) in [4.78, 5) is 81.3. The van der Waals surface area contributed by atoms with Crippen molar-refractivity contribution in [2.75, 3.05) is 39.9 Å². The fraction of sp³-hybridized carbons (Fsp3) is 0.423. The van der Waals surface area contributed by atoms with E-state index in [2.05, 4.69) is 27.1 Å². The smallest absolute Gasteiger partial charge is 0.226 e. The number of hydrogen-bond acceptors (Lipinski definition) is 13. The second kappa shape index (κ2) is 25.1. The predicted molar refractivity (Wildman–Crippen MR) is 266 cm³/mol. The third kappa shape index (κ3) is 14.3. The maximum absolute atomic E-state index is 14.8. The van der Waals surface area contributed by atoms with Crippen molar-refractivity contribution in [3.05, 3.63) is 94.8 Å². The number of nitrogens with two attached hydrogens (primary N) is 3. The normalized spacial score (nSPS) is 16.3. The summed E-state index contributed by atoms with van der Waals surface area (Å²) >= 11 is 0. The molecule has 1 aliphatic rings.